The van der Waals surface area contributed by atoms with E-state index in [1.165, 1.54) is 0 Å². The SMILES string of the molecule is COc1cccc(-c2nn(-c3ccccc3)cc2C(=O)NCCCc2nc(C(C)C)no2)c1. The van der Waals surface area contributed by atoms with E-state index >= 15 is 0 Å². The van der Waals surface area contributed by atoms with E-state index in [1.54, 1.807) is 18.0 Å². The van der Waals surface area contributed by atoms with Crippen molar-refractivity contribution in [2.45, 2.75) is 32.6 Å². The first-order chi connectivity index (χ1) is 16.0. The van der Waals surface area contributed by atoms with Gasteiger partial charge < -0.3 is 14.6 Å². The van der Waals surface area contributed by atoms with Crippen molar-refractivity contribution < 1.29 is 14.1 Å². The maximum absolute atomic E-state index is 13.1. The van der Waals surface area contributed by atoms with Gasteiger partial charge in [0.05, 0.1) is 18.4 Å². The van der Waals surface area contributed by atoms with Crippen LogP contribution in [0.5, 0.6) is 5.75 Å². The molecule has 2 aromatic heterocycles. The minimum Gasteiger partial charge on any atom is -0.497 e. The zero-order valence-electron chi connectivity index (χ0n) is 19.0. The highest BCUT2D eigenvalue weighted by Gasteiger charge is 2.19. The highest BCUT2D eigenvalue weighted by atomic mass is 16.5. The molecule has 1 N–H and O–H groups in total. The third-order valence-corrected chi connectivity index (χ3v) is 5.18. The van der Waals surface area contributed by atoms with Crippen molar-refractivity contribution in [1.82, 2.24) is 25.2 Å². The van der Waals surface area contributed by atoms with Gasteiger partial charge in [0.2, 0.25) is 5.89 Å². The molecule has 0 radical (unpaired) electrons. The summed E-state index contributed by atoms with van der Waals surface area (Å²) in [4.78, 5) is 17.5. The van der Waals surface area contributed by atoms with Crippen molar-refractivity contribution in [3.05, 3.63) is 78.1 Å². The van der Waals surface area contributed by atoms with E-state index in [4.69, 9.17) is 14.4 Å². The van der Waals surface area contributed by atoms with Gasteiger partial charge in [-0.15, -0.1) is 0 Å². The number of ether oxygens (including phenoxy) is 1. The summed E-state index contributed by atoms with van der Waals surface area (Å²) < 4.78 is 12.3. The highest BCUT2D eigenvalue weighted by molar-refractivity contribution is 6.00. The number of hydrogen-bond acceptors (Lipinski definition) is 6. The third-order valence-electron chi connectivity index (χ3n) is 5.18. The van der Waals surface area contributed by atoms with Crippen LogP contribution in [0.1, 0.15) is 48.3 Å². The number of aromatic nitrogens is 4. The Morgan fingerprint density at radius 3 is 2.70 bits per heavy atom. The van der Waals surface area contributed by atoms with Crippen molar-refractivity contribution >= 4 is 5.91 Å². The van der Waals surface area contributed by atoms with Gasteiger partial charge in [0.25, 0.3) is 5.91 Å². The molecule has 4 aromatic rings. The van der Waals surface area contributed by atoms with Gasteiger partial charge in [-0.25, -0.2) is 4.68 Å². The van der Waals surface area contributed by atoms with E-state index in [2.05, 4.69) is 15.5 Å². The number of carbonyl (C=O) groups is 1. The van der Waals surface area contributed by atoms with Crippen LogP contribution >= 0.6 is 0 Å². The molecule has 0 unspecified atom stereocenters. The number of aryl methyl sites for hydroxylation is 1. The second-order valence-electron chi connectivity index (χ2n) is 7.96. The number of benzene rings is 2. The van der Waals surface area contributed by atoms with Gasteiger partial charge in [-0.2, -0.15) is 10.1 Å². The van der Waals surface area contributed by atoms with E-state index in [9.17, 15) is 4.79 Å². The van der Waals surface area contributed by atoms with E-state index in [-0.39, 0.29) is 11.8 Å². The molecule has 4 rings (SSSR count). The molecule has 0 aliphatic heterocycles. The normalized spacial score (nSPS) is 11.0. The molecule has 2 aromatic carbocycles. The fourth-order valence-electron chi connectivity index (χ4n) is 3.38. The van der Waals surface area contributed by atoms with Crippen LogP contribution in [0.2, 0.25) is 0 Å². The predicted octanol–water partition coefficient (Wildman–Crippen LogP) is 4.42. The molecule has 0 fully saturated rings. The Bertz CT molecular complexity index is 1210. The van der Waals surface area contributed by atoms with Crippen molar-refractivity contribution in [3.8, 4) is 22.7 Å². The molecule has 33 heavy (non-hydrogen) atoms. The molecular weight excluding hydrogens is 418 g/mol. The maximum atomic E-state index is 13.1. The molecule has 0 aliphatic rings. The van der Waals surface area contributed by atoms with Crippen LogP contribution in [0.15, 0.2) is 65.3 Å². The lowest BCUT2D eigenvalue weighted by atomic mass is 10.1. The fraction of sp³-hybridized carbons (Fsp3) is 0.280. The summed E-state index contributed by atoms with van der Waals surface area (Å²) in [6, 6.07) is 17.2. The first-order valence-corrected chi connectivity index (χ1v) is 11.0. The second kappa shape index (κ2) is 10.1. The smallest absolute Gasteiger partial charge is 0.255 e. The number of nitrogens with one attached hydrogen (secondary N) is 1. The monoisotopic (exact) mass is 445 g/mol. The summed E-state index contributed by atoms with van der Waals surface area (Å²) in [5.74, 6) is 2.02. The average Bonchev–Trinajstić information content (AvgIpc) is 3.50. The summed E-state index contributed by atoms with van der Waals surface area (Å²) in [6.07, 6.45) is 3.05. The number of methoxy groups -OCH3 is 1. The lowest BCUT2D eigenvalue weighted by Gasteiger charge is -2.06. The standard InChI is InChI=1S/C25H27N5O3/c1-17(2)24-27-22(33-29-24)13-8-14-26-25(31)21-16-30(19-10-5-4-6-11-19)28-23(21)18-9-7-12-20(15-18)32-3/h4-7,9-12,15-17H,8,13-14H2,1-3H3,(H,26,31). The topological polar surface area (TPSA) is 95.1 Å². The minimum atomic E-state index is -0.191. The molecule has 0 aliphatic carbocycles. The average molecular weight is 446 g/mol. The number of amides is 1. The van der Waals surface area contributed by atoms with Crippen LogP contribution in [-0.4, -0.2) is 39.5 Å². The Kier molecular flexibility index (Phi) is 6.83. The molecule has 8 heteroatoms. The summed E-state index contributed by atoms with van der Waals surface area (Å²) >= 11 is 0. The molecule has 0 bridgehead atoms. The predicted molar refractivity (Wildman–Crippen MR) is 125 cm³/mol. The van der Waals surface area contributed by atoms with Gasteiger partial charge in [0.1, 0.15) is 11.4 Å². The number of rotatable bonds is 9. The molecule has 8 nitrogen and oxygen atoms in total. The van der Waals surface area contributed by atoms with Crippen LogP contribution in [0.4, 0.5) is 0 Å². The summed E-state index contributed by atoms with van der Waals surface area (Å²) in [5.41, 5.74) is 2.76. The number of hydrogen-bond donors (Lipinski definition) is 1. The van der Waals surface area contributed by atoms with E-state index in [1.807, 2.05) is 68.4 Å². The molecule has 1 amide bonds. The Morgan fingerprint density at radius 1 is 1.15 bits per heavy atom. The molecule has 0 saturated carbocycles. The zero-order valence-corrected chi connectivity index (χ0v) is 19.0. The number of nitrogens with zero attached hydrogens (tertiary/aromatic N) is 4. The zero-order chi connectivity index (χ0) is 23.2. The van der Waals surface area contributed by atoms with Gasteiger partial charge in [-0.05, 0) is 30.7 Å². The van der Waals surface area contributed by atoms with Crippen molar-refractivity contribution in [2.24, 2.45) is 0 Å². The first-order valence-electron chi connectivity index (χ1n) is 11.0. The van der Waals surface area contributed by atoms with E-state index in [0.29, 0.717) is 48.1 Å². The Balaban J connectivity index is 1.50. The number of para-hydroxylation sites is 1. The largest absolute Gasteiger partial charge is 0.497 e. The Hall–Kier alpha value is -3.94. The van der Waals surface area contributed by atoms with Gasteiger partial charge in [-0.3, -0.25) is 4.79 Å². The molecule has 2 heterocycles. The summed E-state index contributed by atoms with van der Waals surface area (Å²) in [6.45, 7) is 4.51. The summed E-state index contributed by atoms with van der Waals surface area (Å²) in [7, 11) is 1.61. The quantitative estimate of drug-likeness (QED) is 0.383. The van der Waals surface area contributed by atoms with Gasteiger partial charge in [0, 0.05) is 30.6 Å². The molecule has 0 atom stereocenters. The lowest BCUT2D eigenvalue weighted by molar-refractivity contribution is 0.0953. The Labute approximate surface area is 192 Å². The van der Waals surface area contributed by atoms with Crippen LogP contribution < -0.4 is 10.1 Å². The molecule has 0 saturated heterocycles. The lowest BCUT2D eigenvalue weighted by Crippen LogP contribution is -2.25. The third kappa shape index (κ3) is 5.28. The number of carbonyl (C=O) groups excluding carboxylic acids is 1. The second-order valence-corrected chi connectivity index (χ2v) is 7.96. The molecule has 170 valence electrons. The first kappa shape index (κ1) is 22.3. The van der Waals surface area contributed by atoms with Crippen LogP contribution in [0.3, 0.4) is 0 Å². The molecular formula is C25H27N5O3. The van der Waals surface area contributed by atoms with E-state index < -0.39 is 0 Å². The van der Waals surface area contributed by atoms with Crippen LogP contribution in [0.25, 0.3) is 16.9 Å². The highest BCUT2D eigenvalue weighted by Crippen LogP contribution is 2.27. The van der Waals surface area contributed by atoms with Gasteiger partial charge >= 0.3 is 0 Å². The summed E-state index contributed by atoms with van der Waals surface area (Å²) in [5, 5.41) is 11.7. The van der Waals surface area contributed by atoms with Gasteiger partial charge in [0.15, 0.2) is 5.82 Å². The Morgan fingerprint density at radius 2 is 1.97 bits per heavy atom. The van der Waals surface area contributed by atoms with Crippen LogP contribution in [0, 0.1) is 0 Å². The van der Waals surface area contributed by atoms with Crippen molar-refractivity contribution in [3.63, 3.8) is 0 Å². The fourth-order valence-corrected chi connectivity index (χ4v) is 3.38. The van der Waals surface area contributed by atoms with E-state index in [0.717, 1.165) is 11.3 Å². The molecule has 0 spiro atoms. The van der Waals surface area contributed by atoms with Gasteiger partial charge in [-0.1, -0.05) is 49.3 Å². The minimum absolute atomic E-state index is 0.191. The maximum Gasteiger partial charge on any atom is 0.255 e. The van der Waals surface area contributed by atoms with Crippen molar-refractivity contribution in [2.75, 3.05) is 13.7 Å². The van der Waals surface area contributed by atoms with Crippen molar-refractivity contribution in [1.29, 1.82) is 0 Å². The van der Waals surface area contributed by atoms with Crippen LogP contribution in [-0.2, 0) is 6.42 Å².